The number of amides is 1. The molecule has 31 heavy (non-hydrogen) atoms. The van der Waals surface area contributed by atoms with Crippen LogP contribution in [0, 0.1) is 5.92 Å². The van der Waals surface area contributed by atoms with Gasteiger partial charge in [-0.2, -0.15) is 0 Å². The number of thiophene rings is 1. The van der Waals surface area contributed by atoms with E-state index in [4.69, 9.17) is 9.41 Å². The highest BCUT2D eigenvalue weighted by molar-refractivity contribution is 7.09. The Morgan fingerprint density at radius 2 is 2.03 bits per heavy atom. The third-order valence-electron chi connectivity index (χ3n) is 5.58. The smallest absolute Gasteiger partial charge is 0.223 e. The van der Waals surface area contributed by atoms with Gasteiger partial charge in [0.15, 0.2) is 5.96 Å². The fraction of sp³-hybridized carbons (Fsp3) is 0.333. The highest BCUT2D eigenvalue weighted by atomic mass is 32.1. The van der Waals surface area contributed by atoms with Gasteiger partial charge in [-0.05, 0) is 29.1 Å². The van der Waals surface area contributed by atoms with Crippen LogP contribution in [0.4, 0.5) is 0 Å². The lowest BCUT2D eigenvalue weighted by Gasteiger charge is -2.26. The Morgan fingerprint density at radius 3 is 2.77 bits per heavy atom. The molecule has 2 aromatic heterocycles. The van der Waals surface area contributed by atoms with E-state index < -0.39 is 0 Å². The van der Waals surface area contributed by atoms with E-state index in [0.717, 1.165) is 24.7 Å². The summed E-state index contributed by atoms with van der Waals surface area (Å²) in [5.74, 6) is 2.06. The molecule has 1 saturated heterocycles. The molecule has 0 saturated carbocycles. The Hall–Kier alpha value is -3.06. The molecule has 162 valence electrons. The summed E-state index contributed by atoms with van der Waals surface area (Å²) >= 11 is 1.70. The molecule has 3 aromatic rings. The van der Waals surface area contributed by atoms with Crippen molar-refractivity contribution in [3.8, 4) is 0 Å². The minimum absolute atomic E-state index is 0.0721. The first-order chi connectivity index (χ1) is 15.2. The van der Waals surface area contributed by atoms with E-state index in [9.17, 15) is 4.79 Å². The van der Waals surface area contributed by atoms with Crippen molar-refractivity contribution in [3.05, 3.63) is 82.4 Å². The quantitative estimate of drug-likeness (QED) is 0.416. The number of benzene rings is 1. The minimum atomic E-state index is 0.0721. The second-order valence-electron chi connectivity index (χ2n) is 7.71. The molecule has 0 spiro atoms. The maximum atomic E-state index is 12.4. The van der Waals surface area contributed by atoms with E-state index in [1.807, 2.05) is 48.3 Å². The van der Waals surface area contributed by atoms with Gasteiger partial charge in [-0.3, -0.25) is 4.79 Å². The van der Waals surface area contributed by atoms with Crippen LogP contribution in [-0.4, -0.2) is 36.9 Å². The molecule has 3 heterocycles. The van der Waals surface area contributed by atoms with E-state index in [-0.39, 0.29) is 17.9 Å². The number of likely N-dealkylation sites (tertiary alicyclic amines) is 1. The SMILES string of the molecule is CN1C(=O)CC(CNC(=NCc2cccs2)NCCc2ccco2)C1c1ccccc1. The number of nitrogens with one attached hydrogen (secondary N) is 2. The summed E-state index contributed by atoms with van der Waals surface area (Å²) in [4.78, 5) is 20.3. The average Bonchev–Trinajstić information content (AvgIpc) is 3.54. The normalized spacial score (nSPS) is 19.1. The topological polar surface area (TPSA) is 69.9 Å². The van der Waals surface area contributed by atoms with E-state index in [2.05, 4.69) is 34.2 Å². The van der Waals surface area contributed by atoms with E-state index in [0.29, 0.717) is 19.5 Å². The maximum absolute atomic E-state index is 12.4. The minimum Gasteiger partial charge on any atom is -0.469 e. The van der Waals surface area contributed by atoms with Crippen LogP contribution < -0.4 is 10.6 Å². The first-order valence-corrected chi connectivity index (χ1v) is 11.5. The van der Waals surface area contributed by atoms with Crippen molar-refractivity contribution in [2.24, 2.45) is 10.9 Å². The van der Waals surface area contributed by atoms with E-state index in [1.54, 1.807) is 17.6 Å². The molecule has 1 amide bonds. The number of carbonyl (C=O) groups excluding carboxylic acids is 1. The van der Waals surface area contributed by atoms with Gasteiger partial charge in [-0.25, -0.2) is 4.99 Å². The fourth-order valence-corrected chi connectivity index (χ4v) is 4.63. The van der Waals surface area contributed by atoms with Gasteiger partial charge >= 0.3 is 0 Å². The van der Waals surface area contributed by atoms with Crippen LogP contribution in [0.2, 0.25) is 0 Å². The van der Waals surface area contributed by atoms with Gasteiger partial charge in [0.05, 0.1) is 18.8 Å². The Balaban J connectivity index is 1.41. The summed E-state index contributed by atoms with van der Waals surface area (Å²) < 4.78 is 5.42. The van der Waals surface area contributed by atoms with Crippen molar-refractivity contribution in [2.75, 3.05) is 20.1 Å². The number of aliphatic imine (C=N–C) groups is 1. The van der Waals surface area contributed by atoms with Crippen LogP contribution in [0.1, 0.15) is 28.7 Å². The average molecular weight is 437 g/mol. The fourth-order valence-electron chi connectivity index (χ4n) is 4.00. The van der Waals surface area contributed by atoms with Crippen molar-refractivity contribution in [2.45, 2.75) is 25.4 Å². The Bertz CT molecular complexity index is 970. The summed E-state index contributed by atoms with van der Waals surface area (Å²) in [6.45, 7) is 2.02. The highest BCUT2D eigenvalue weighted by Gasteiger charge is 2.38. The van der Waals surface area contributed by atoms with Gasteiger partial charge in [-0.15, -0.1) is 11.3 Å². The molecule has 7 heteroatoms. The second-order valence-corrected chi connectivity index (χ2v) is 8.74. The standard InChI is InChI=1S/C24H28N4O2S/c1-28-22(29)15-19(23(28)18-7-3-2-4-8-18)16-26-24(27-17-21-10-6-14-31-21)25-12-11-20-9-5-13-30-20/h2-10,13-14,19,23H,11-12,15-17H2,1H3,(H2,25,26,27). The molecule has 1 aliphatic heterocycles. The van der Waals surface area contributed by atoms with Crippen molar-refractivity contribution < 1.29 is 9.21 Å². The number of nitrogens with zero attached hydrogens (tertiary/aromatic N) is 2. The van der Waals surface area contributed by atoms with Gasteiger partial charge in [0.1, 0.15) is 5.76 Å². The zero-order valence-corrected chi connectivity index (χ0v) is 18.5. The molecule has 1 aromatic carbocycles. The molecular formula is C24H28N4O2S. The zero-order chi connectivity index (χ0) is 21.5. The Labute approximate surface area is 187 Å². The molecule has 1 fully saturated rings. The summed E-state index contributed by atoms with van der Waals surface area (Å²) in [5, 5.41) is 8.95. The number of hydrogen-bond donors (Lipinski definition) is 2. The number of rotatable bonds is 8. The van der Waals surface area contributed by atoms with Crippen LogP contribution >= 0.6 is 11.3 Å². The zero-order valence-electron chi connectivity index (χ0n) is 17.7. The molecule has 2 N–H and O–H groups in total. The Kier molecular flexibility index (Phi) is 7.04. The summed E-state index contributed by atoms with van der Waals surface area (Å²) in [7, 11) is 1.90. The number of guanidine groups is 1. The molecule has 2 unspecified atom stereocenters. The van der Waals surface area contributed by atoms with Crippen LogP contribution in [0.15, 0.2) is 75.7 Å². The van der Waals surface area contributed by atoms with Crippen molar-refractivity contribution in [1.82, 2.24) is 15.5 Å². The molecule has 0 bridgehead atoms. The second kappa shape index (κ2) is 10.3. The monoisotopic (exact) mass is 436 g/mol. The largest absolute Gasteiger partial charge is 0.469 e. The lowest BCUT2D eigenvalue weighted by Crippen LogP contribution is -2.41. The number of furan rings is 1. The third-order valence-corrected chi connectivity index (χ3v) is 6.44. The Morgan fingerprint density at radius 1 is 1.16 bits per heavy atom. The van der Waals surface area contributed by atoms with Crippen LogP contribution in [0.3, 0.4) is 0 Å². The molecule has 2 atom stereocenters. The van der Waals surface area contributed by atoms with Crippen LogP contribution in [-0.2, 0) is 17.8 Å². The summed E-state index contributed by atoms with van der Waals surface area (Å²) in [6, 6.07) is 18.3. The molecule has 4 rings (SSSR count). The molecule has 6 nitrogen and oxygen atoms in total. The summed E-state index contributed by atoms with van der Waals surface area (Å²) in [5.41, 5.74) is 1.17. The van der Waals surface area contributed by atoms with Gasteiger partial charge in [0, 0.05) is 43.8 Å². The highest BCUT2D eigenvalue weighted by Crippen LogP contribution is 2.36. The lowest BCUT2D eigenvalue weighted by atomic mass is 9.94. The third kappa shape index (κ3) is 5.55. The van der Waals surface area contributed by atoms with Crippen LogP contribution in [0.5, 0.6) is 0 Å². The molecule has 0 aliphatic carbocycles. The van der Waals surface area contributed by atoms with Crippen molar-refractivity contribution in [3.63, 3.8) is 0 Å². The maximum Gasteiger partial charge on any atom is 0.223 e. The van der Waals surface area contributed by atoms with Gasteiger partial charge in [0.25, 0.3) is 0 Å². The van der Waals surface area contributed by atoms with Crippen molar-refractivity contribution in [1.29, 1.82) is 0 Å². The molecule has 0 radical (unpaired) electrons. The van der Waals surface area contributed by atoms with E-state index >= 15 is 0 Å². The first kappa shape index (κ1) is 21.2. The number of hydrogen-bond acceptors (Lipinski definition) is 4. The molecular weight excluding hydrogens is 408 g/mol. The van der Waals surface area contributed by atoms with E-state index in [1.165, 1.54) is 10.4 Å². The predicted molar refractivity (Wildman–Crippen MR) is 124 cm³/mol. The lowest BCUT2D eigenvalue weighted by molar-refractivity contribution is -0.127. The van der Waals surface area contributed by atoms with Gasteiger partial charge < -0.3 is 20.0 Å². The van der Waals surface area contributed by atoms with Gasteiger partial charge in [0.2, 0.25) is 5.91 Å². The van der Waals surface area contributed by atoms with Crippen LogP contribution in [0.25, 0.3) is 0 Å². The van der Waals surface area contributed by atoms with Gasteiger partial charge in [-0.1, -0.05) is 36.4 Å². The predicted octanol–water partition coefficient (Wildman–Crippen LogP) is 3.84. The summed E-state index contributed by atoms with van der Waals surface area (Å²) in [6.07, 6.45) is 3.01. The first-order valence-electron chi connectivity index (χ1n) is 10.6. The number of carbonyl (C=O) groups is 1. The van der Waals surface area contributed by atoms with Crippen molar-refractivity contribution >= 4 is 23.2 Å². The molecule has 1 aliphatic rings.